The van der Waals surface area contributed by atoms with Crippen LogP contribution in [0.2, 0.25) is 0 Å². The summed E-state index contributed by atoms with van der Waals surface area (Å²) in [4.78, 5) is 0. The highest BCUT2D eigenvalue weighted by Crippen LogP contribution is 2.44. The first-order valence-electron chi connectivity index (χ1n) is 17.9. The highest BCUT2D eigenvalue weighted by Gasteiger charge is 2.16. The number of hydrogen-bond donors (Lipinski definition) is 0. The van der Waals surface area contributed by atoms with Crippen molar-refractivity contribution in [1.82, 2.24) is 9.13 Å². The van der Waals surface area contributed by atoms with Crippen LogP contribution in [0.3, 0.4) is 0 Å². The SMILES string of the molecule is c1ccc2c(c1)c1ccccc1n2-c1ccc2[pH]c3ccc(-c4ccc5[pH]c6ccc(-n7c8ccccc8c8ccccc87)cc6c5c4)cc3c2c1. The van der Waals surface area contributed by atoms with Crippen LogP contribution in [0.15, 0.2) is 170 Å². The molecule has 0 aliphatic carbocycles. The molecule has 0 spiro atoms. The quantitative estimate of drug-likeness (QED) is 0.174. The van der Waals surface area contributed by atoms with E-state index < -0.39 is 0 Å². The summed E-state index contributed by atoms with van der Waals surface area (Å²) in [5.74, 6) is 0. The summed E-state index contributed by atoms with van der Waals surface area (Å²) in [5.41, 5.74) is 9.98. The van der Waals surface area contributed by atoms with Gasteiger partial charge in [0.1, 0.15) is 0 Å². The number of benzene rings is 8. The van der Waals surface area contributed by atoms with Gasteiger partial charge in [-0.15, -0.1) is 16.4 Å². The first-order chi connectivity index (χ1) is 25.8. The predicted octanol–water partition coefficient (Wildman–Crippen LogP) is 14.2. The van der Waals surface area contributed by atoms with Gasteiger partial charge < -0.3 is 9.13 Å². The smallest absolute Gasteiger partial charge is 0.0541 e. The molecule has 0 radical (unpaired) electrons. The Morgan fingerprint density at radius 2 is 0.577 bits per heavy atom. The van der Waals surface area contributed by atoms with E-state index >= 15 is 0 Å². The molecule has 0 aliphatic heterocycles. The minimum absolute atomic E-state index is 0.673. The average molecular weight is 697 g/mol. The van der Waals surface area contributed by atoms with E-state index in [1.807, 2.05) is 0 Å². The molecule has 4 aromatic heterocycles. The maximum Gasteiger partial charge on any atom is 0.0541 e. The van der Waals surface area contributed by atoms with Crippen LogP contribution in [-0.4, -0.2) is 9.13 Å². The first-order valence-corrected chi connectivity index (χ1v) is 19.9. The maximum atomic E-state index is 2.44. The second kappa shape index (κ2) is 10.7. The van der Waals surface area contributed by atoms with Crippen LogP contribution in [0.5, 0.6) is 0 Å². The van der Waals surface area contributed by atoms with E-state index in [1.165, 1.54) is 108 Å². The molecule has 4 heteroatoms. The largest absolute Gasteiger partial charge is 0.309 e. The molecular weight excluding hydrogens is 666 g/mol. The zero-order valence-electron chi connectivity index (χ0n) is 28.1. The highest BCUT2D eigenvalue weighted by atomic mass is 31.0. The molecule has 2 nitrogen and oxygen atoms in total. The van der Waals surface area contributed by atoms with Crippen LogP contribution >= 0.6 is 16.4 Å². The van der Waals surface area contributed by atoms with Crippen LogP contribution in [0.25, 0.3) is 108 Å². The number of nitrogens with zero attached hydrogens (tertiary/aromatic N) is 2. The first kappa shape index (κ1) is 28.6. The molecule has 8 aromatic carbocycles. The fraction of sp³-hybridized carbons (Fsp3) is 0. The molecule has 0 fully saturated rings. The zero-order valence-corrected chi connectivity index (χ0v) is 30.1. The second-order valence-electron chi connectivity index (χ2n) is 14.0. The predicted molar refractivity (Wildman–Crippen MR) is 230 cm³/mol. The molecule has 0 saturated carbocycles. The molecule has 0 bridgehead atoms. The Morgan fingerprint density at radius 1 is 0.269 bits per heavy atom. The van der Waals surface area contributed by atoms with Gasteiger partial charge in [0.25, 0.3) is 0 Å². The van der Waals surface area contributed by atoms with Crippen LogP contribution in [-0.2, 0) is 0 Å². The number of fused-ring (bicyclic) bond motifs is 12. The minimum atomic E-state index is 0.673. The molecule has 2 atom stereocenters. The molecule has 12 aromatic rings. The van der Waals surface area contributed by atoms with Gasteiger partial charge in [-0.1, -0.05) is 84.9 Å². The lowest BCUT2D eigenvalue weighted by atomic mass is 10.0. The summed E-state index contributed by atoms with van der Waals surface area (Å²) < 4.78 is 4.87. The maximum absolute atomic E-state index is 2.44. The summed E-state index contributed by atoms with van der Waals surface area (Å²) in [5, 5.41) is 16.4. The third-order valence-corrected chi connectivity index (χ3v) is 14.0. The van der Waals surface area contributed by atoms with Crippen molar-refractivity contribution in [3.63, 3.8) is 0 Å². The van der Waals surface area contributed by atoms with Crippen LogP contribution in [0, 0.1) is 0 Å². The molecule has 0 saturated heterocycles. The van der Waals surface area contributed by atoms with Gasteiger partial charge in [0.15, 0.2) is 0 Å². The lowest BCUT2D eigenvalue weighted by Crippen LogP contribution is -1.93. The van der Waals surface area contributed by atoms with E-state index in [-0.39, 0.29) is 0 Å². The van der Waals surface area contributed by atoms with Crippen molar-refractivity contribution in [2.24, 2.45) is 0 Å². The van der Waals surface area contributed by atoms with Gasteiger partial charge in [-0.25, -0.2) is 0 Å². The number of rotatable bonds is 3. The van der Waals surface area contributed by atoms with E-state index in [1.54, 1.807) is 0 Å². The summed E-state index contributed by atoms with van der Waals surface area (Å²) in [6.07, 6.45) is 0. The number of aromatic nitrogens is 2. The third kappa shape index (κ3) is 4.03. The molecule has 12 rings (SSSR count). The van der Waals surface area contributed by atoms with E-state index in [0.717, 1.165) is 0 Å². The van der Waals surface area contributed by atoms with Gasteiger partial charge in [0.2, 0.25) is 0 Å². The summed E-state index contributed by atoms with van der Waals surface area (Å²) in [6.45, 7) is 0. The van der Waals surface area contributed by atoms with Crippen LogP contribution in [0.4, 0.5) is 0 Å². The Labute approximate surface area is 302 Å². The Kier molecular flexibility index (Phi) is 5.91. The standard InChI is InChI=1S/C48H30N2P2/c1-5-13-41-33(9-1)34-10-2-6-14-42(34)49(41)31-19-23-47-39(27-31)37-25-29(17-21-45(37)51-47)30-18-22-46-38(26-30)40-28-32(20-24-48(40)52-46)50-43-15-7-3-11-35(43)36-12-4-8-16-44(36)50/h1-28,51-52H. The van der Waals surface area contributed by atoms with Gasteiger partial charge in [0, 0.05) is 32.9 Å². The average Bonchev–Trinajstić information content (AvgIpc) is 3.94. The van der Waals surface area contributed by atoms with Gasteiger partial charge in [-0.3, -0.25) is 0 Å². The van der Waals surface area contributed by atoms with Crippen molar-refractivity contribution in [3.8, 4) is 22.5 Å². The normalized spacial score (nSPS) is 12.5. The minimum Gasteiger partial charge on any atom is -0.309 e. The lowest BCUT2D eigenvalue weighted by Gasteiger charge is -2.09. The molecule has 0 aliphatic rings. The molecular formula is C48H30N2P2. The monoisotopic (exact) mass is 696 g/mol. The lowest BCUT2D eigenvalue weighted by molar-refractivity contribution is 1.19. The van der Waals surface area contributed by atoms with E-state index in [4.69, 9.17) is 0 Å². The van der Waals surface area contributed by atoms with Crippen molar-refractivity contribution in [2.45, 2.75) is 0 Å². The van der Waals surface area contributed by atoms with Crippen molar-refractivity contribution >= 4 is 102 Å². The Hall–Kier alpha value is -6.04. The highest BCUT2D eigenvalue weighted by molar-refractivity contribution is 7.44. The summed E-state index contributed by atoms with van der Waals surface area (Å²) in [6, 6.07) is 63.6. The number of hydrogen-bond acceptors (Lipinski definition) is 0. The molecule has 4 heterocycles. The van der Waals surface area contributed by atoms with E-state index in [0.29, 0.717) is 16.4 Å². The summed E-state index contributed by atoms with van der Waals surface area (Å²) in [7, 11) is 1.35. The van der Waals surface area contributed by atoms with Crippen molar-refractivity contribution in [2.75, 3.05) is 0 Å². The molecule has 52 heavy (non-hydrogen) atoms. The van der Waals surface area contributed by atoms with Crippen molar-refractivity contribution < 1.29 is 0 Å². The van der Waals surface area contributed by atoms with Gasteiger partial charge >= 0.3 is 0 Å². The van der Waals surface area contributed by atoms with Gasteiger partial charge in [0.05, 0.1) is 22.1 Å². The Bertz CT molecular complexity index is 3090. The van der Waals surface area contributed by atoms with Gasteiger partial charge in [-0.05, 0) is 138 Å². The van der Waals surface area contributed by atoms with Crippen LogP contribution in [0.1, 0.15) is 0 Å². The Morgan fingerprint density at radius 3 is 0.942 bits per heavy atom. The Balaban J connectivity index is 1.02. The fourth-order valence-corrected chi connectivity index (χ4v) is 11.4. The third-order valence-electron chi connectivity index (χ3n) is 11.2. The second-order valence-corrected chi connectivity index (χ2v) is 16.6. The van der Waals surface area contributed by atoms with Gasteiger partial charge in [-0.2, -0.15) is 0 Å². The summed E-state index contributed by atoms with van der Waals surface area (Å²) >= 11 is 0. The molecule has 0 N–H and O–H groups in total. The molecule has 0 amide bonds. The number of para-hydroxylation sites is 4. The van der Waals surface area contributed by atoms with Crippen LogP contribution < -0.4 is 0 Å². The van der Waals surface area contributed by atoms with E-state index in [2.05, 4.69) is 179 Å². The van der Waals surface area contributed by atoms with E-state index in [9.17, 15) is 0 Å². The fourth-order valence-electron chi connectivity index (χ4n) is 8.81. The molecule has 2 unspecified atom stereocenters. The zero-order chi connectivity index (χ0) is 33.9. The topological polar surface area (TPSA) is 9.86 Å². The van der Waals surface area contributed by atoms with Crippen molar-refractivity contribution in [3.05, 3.63) is 170 Å². The molecule has 242 valence electrons. The van der Waals surface area contributed by atoms with Crippen molar-refractivity contribution in [1.29, 1.82) is 0 Å².